The van der Waals surface area contributed by atoms with Crippen LogP contribution < -0.4 is 4.90 Å². The van der Waals surface area contributed by atoms with Gasteiger partial charge in [-0.05, 0) is 57.6 Å². The number of aromatic nitrogens is 1. The second-order valence-corrected chi connectivity index (χ2v) is 13.3. The Morgan fingerprint density at radius 2 is 1.00 bits per heavy atom. The summed E-state index contributed by atoms with van der Waals surface area (Å²) < 4.78 is 2.49. The van der Waals surface area contributed by atoms with E-state index in [4.69, 9.17) is 0 Å². The Bertz CT molecular complexity index is 2570. The number of hydrogen-bond acceptors (Lipinski definition) is 1. The molecule has 2 atom stereocenters. The number of nitrogens with zero attached hydrogens (tertiary/aromatic N) is 2. The highest BCUT2D eigenvalue weighted by atomic mass is 15.2. The molecule has 2 nitrogen and oxygen atoms in total. The summed E-state index contributed by atoms with van der Waals surface area (Å²) in [5.74, 6) is 0.260. The van der Waals surface area contributed by atoms with Crippen LogP contribution in [0.3, 0.4) is 0 Å². The summed E-state index contributed by atoms with van der Waals surface area (Å²) in [5, 5.41) is 2.54. The van der Waals surface area contributed by atoms with Crippen LogP contribution in [-0.2, 0) is 0 Å². The Hall–Kier alpha value is -6.38. The summed E-state index contributed by atoms with van der Waals surface area (Å²) in [6.07, 6.45) is 9.18. The van der Waals surface area contributed by atoms with Crippen molar-refractivity contribution in [1.82, 2.24) is 4.57 Å². The topological polar surface area (TPSA) is 8.17 Å². The van der Waals surface area contributed by atoms with Crippen molar-refractivity contribution in [3.8, 4) is 39.1 Å². The molecule has 0 fully saturated rings. The minimum absolute atomic E-state index is 0.179. The van der Waals surface area contributed by atoms with E-state index in [-0.39, 0.29) is 12.0 Å². The normalized spacial score (nSPS) is 16.2. The van der Waals surface area contributed by atoms with Crippen LogP contribution in [0.15, 0.2) is 194 Å². The second-order valence-electron chi connectivity index (χ2n) is 13.3. The van der Waals surface area contributed by atoms with E-state index in [9.17, 15) is 0 Å². The molecule has 7 aromatic carbocycles. The van der Waals surface area contributed by atoms with Gasteiger partial charge in [0, 0.05) is 33.6 Å². The van der Waals surface area contributed by atoms with Crippen LogP contribution in [0.5, 0.6) is 0 Å². The van der Waals surface area contributed by atoms with E-state index in [2.05, 4.69) is 204 Å². The Morgan fingerprint density at radius 3 is 1.74 bits per heavy atom. The molecule has 0 bridgehead atoms. The molecule has 2 heterocycles. The maximum absolute atomic E-state index is 2.61. The van der Waals surface area contributed by atoms with Crippen LogP contribution >= 0.6 is 0 Å². The van der Waals surface area contributed by atoms with Gasteiger partial charge in [0.25, 0.3) is 0 Å². The van der Waals surface area contributed by atoms with Crippen molar-refractivity contribution in [2.75, 3.05) is 4.90 Å². The SMILES string of the molecule is C1=CC2c3ccc4c5ccccc5n(-c5ccc(-c6ccc(-c7ccccc7)cc6)cc5)c4c3N(c3ccccc3-c3ccccc3)C2C=C1. The third kappa shape index (κ3) is 4.49. The number of allylic oxidation sites excluding steroid dienone is 2. The van der Waals surface area contributed by atoms with E-state index in [1.54, 1.807) is 0 Å². The first-order valence-electron chi connectivity index (χ1n) is 17.4. The smallest absolute Gasteiger partial charge is 0.0782 e. The van der Waals surface area contributed by atoms with Crippen molar-refractivity contribution in [2.45, 2.75) is 12.0 Å². The van der Waals surface area contributed by atoms with Crippen molar-refractivity contribution in [3.63, 3.8) is 0 Å². The molecule has 0 saturated heterocycles. The molecule has 1 aliphatic heterocycles. The van der Waals surface area contributed by atoms with Gasteiger partial charge in [-0.25, -0.2) is 0 Å². The largest absolute Gasteiger partial charge is 0.331 e. The first-order chi connectivity index (χ1) is 24.8. The zero-order chi connectivity index (χ0) is 33.0. The number of para-hydroxylation sites is 2. The van der Waals surface area contributed by atoms with Crippen molar-refractivity contribution in [3.05, 3.63) is 200 Å². The zero-order valence-electron chi connectivity index (χ0n) is 27.5. The lowest BCUT2D eigenvalue weighted by molar-refractivity contribution is 0.745. The molecule has 2 aliphatic rings. The van der Waals surface area contributed by atoms with Crippen molar-refractivity contribution in [2.24, 2.45) is 0 Å². The zero-order valence-corrected chi connectivity index (χ0v) is 27.5. The molecular weight excluding hydrogens is 605 g/mol. The van der Waals surface area contributed by atoms with Crippen LogP contribution in [0.4, 0.5) is 11.4 Å². The van der Waals surface area contributed by atoms with Gasteiger partial charge in [0.05, 0.1) is 22.8 Å². The molecule has 1 aromatic heterocycles. The van der Waals surface area contributed by atoms with Crippen LogP contribution in [0.1, 0.15) is 11.5 Å². The number of rotatable bonds is 5. The first kappa shape index (κ1) is 28.6. The fourth-order valence-corrected chi connectivity index (χ4v) is 8.24. The molecule has 0 N–H and O–H groups in total. The van der Waals surface area contributed by atoms with Crippen LogP contribution in [0.25, 0.3) is 60.9 Å². The summed E-state index contributed by atoms with van der Waals surface area (Å²) in [5.41, 5.74) is 14.9. The fourth-order valence-electron chi connectivity index (χ4n) is 8.24. The molecule has 2 unspecified atom stereocenters. The number of fused-ring (bicyclic) bond motifs is 7. The lowest BCUT2D eigenvalue weighted by atomic mass is 9.91. The third-order valence-corrected chi connectivity index (χ3v) is 10.5. The monoisotopic (exact) mass is 638 g/mol. The Kier molecular flexibility index (Phi) is 6.67. The van der Waals surface area contributed by atoms with Gasteiger partial charge in [0.1, 0.15) is 0 Å². The molecule has 0 saturated carbocycles. The summed E-state index contributed by atoms with van der Waals surface area (Å²) >= 11 is 0. The molecule has 10 rings (SSSR count). The maximum atomic E-state index is 2.61. The van der Waals surface area contributed by atoms with E-state index in [0.717, 1.165) is 5.69 Å². The van der Waals surface area contributed by atoms with Gasteiger partial charge >= 0.3 is 0 Å². The lowest BCUT2D eigenvalue weighted by Crippen LogP contribution is -2.29. The van der Waals surface area contributed by atoms with E-state index in [1.807, 2.05) is 0 Å². The highest BCUT2D eigenvalue weighted by molar-refractivity contribution is 6.15. The van der Waals surface area contributed by atoms with E-state index in [0.29, 0.717) is 0 Å². The lowest BCUT2D eigenvalue weighted by Gasteiger charge is -2.31. The van der Waals surface area contributed by atoms with Crippen LogP contribution in [-0.4, -0.2) is 10.6 Å². The van der Waals surface area contributed by atoms with Crippen molar-refractivity contribution >= 4 is 33.2 Å². The molecule has 0 radical (unpaired) electrons. The molecular formula is C48H34N2. The molecule has 236 valence electrons. The van der Waals surface area contributed by atoms with Crippen molar-refractivity contribution in [1.29, 1.82) is 0 Å². The standard InChI is InChI=1S/C48H34N2/c1-3-13-33(14-4-1)34-23-25-35(26-24-34)36-27-29-38(30-28-36)49-45-21-11-8-18-40(45)42-31-32-43-41-19-9-12-22-46(41)50(48(43)47(42)49)44-20-10-7-17-39(44)37-15-5-2-6-16-37/h1-32,41,46H. The van der Waals surface area contributed by atoms with E-state index < -0.39 is 0 Å². The molecule has 2 heteroatoms. The predicted molar refractivity (Wildman–Crippen MR) is 210 cm³/mol. The van der Waals surface area contributed by atoms with Crippen molar-refractivity contribution < 1.29 is 0 Å². The Labute approximate surface area is 292 Å². The van der Waals surface area contributed by atoms with Gasteiger partial charge in [-0.1, -0.05) is 170 Å². The number of benzene rings is 7. The average Bonchev–Trinajstić information content (AvgIpc) is 3.72. The Morgan fingerprint density at radius 1 is 0.420 bits per heavy atom. The highest BCUT2D eigenvalue weighted by Gasteiger charge is 2.40. The minimum atomic E-state index is 0.179. The van der Waals surface area contributed by atoms with Gasteiger partial charge in [-0.3, -0.25) is 0 Å². The summed E-state index contributed by atoms with van der Waals surface area (Å²) in [7, 11) is 0. The van der Waals surface area contributed by atoms with Gasteiger partial charge in [-0.15, -0.1) is 0 Å². The predicted octanol–water partition coefficient (Wildman–Crippen LogP) is 12.5. The van der Waals surface area contributed by atoms with Gasteiger partial charge < -0.3 is 9.47 Å². The van der Waals surface area contributed by atoms with E-state index in [1.165, 1.54) is 72.1 Å². The molecule has 8 aromatic rings. The average molecular weight is 639 g/mol. The minimum Gasteiger partial charge on any atom is -0.331 e. The third-order valence-electron chi connectivity index (χ3n) is 10.5. The van der Waals surface area contributed by atoms with E-state index >= 15 is 0 Å². The molecule has 50 heavy (non-hydrogen) atoms. The van der Waals surface area contributed by atoms with Crippen LogP contribution in [0.2, 0.25) is 0 Å². The summed E-state index contributed by atoms with van der Waals surface area (Å²) in [4.78, 5) is 2.61. The Balaban J connectivity index is 1.16. The second kappa shape index (κ2) is 11.6. The van der Waals surface area contributed by atoms with Crippen LogP contribution in [0, 0.1) is 0 Å². The number of anilines is 2. The molecule has 0 amide bonds. The summed E-state index contributed by atoms with van der Waals surface area (Å²) in [6, 6.07) is 62.1. The molecule has 0 spiro atoms. The summed E-state index contributed by atoms with van der Waals surface area (Å²) in [6.45, 7) is 0. The van der Waals surface area contributed by atoms with Gasteiger partial charge in [-0.2, -0.15) is 0 Å². The van der Waals surface area contributed by atoms with Gasteiger partial charge in [0.2, 0.25) is 0 Å². The number of hydrogen-bond donors (Lipinski definition) is 0. The highest BCUT2D eigenvalue weighted by Crippen LogP contribution is 2.54. The van der Waals surface area contributed by atoms with Gasteiger partial charge in [0.15, 0.2) is 0 Å². The maximum Gasteiger partial charge on any atom is 0.0782 e. The quantitative estimate of drug-likeness (QED) is 0.182. The fraction of sp³-hybridized carbons (Fsp3) is 0.0417. The molecule has 1 aliphatic carbocycles. The first-order valence-corrected chi connectivity index (χ1v) is 17.4.